The van der Waals surface area contributed by atoms with E-state index in [1.54, 1.807) is 0 Å². The van der Waals surface area contributed by atoms with Crippen molar-refractivity contribution < 1.29 is 9.47 Å². The third-order valence-electron chi connectivity index (χ3n) is 4.57. The predicted octanol–water partition coefficient (Wildman–Crippen LogP) is 6.93. The van der Waals surface area contributed by atoms with Gasteiger partial charge in [-0.2, -0.15) is 0 Å². The van der Waals surface area contributed by atoms with Gasteiger partial charge in [0.2, 0.25) is 0 Å². The Hall–Kier alpha value is -1.06. The highest BCUT2D eigenvalue weighted by Gasteiger charge is 2.13. The molecule has 0 N–H and O–H groups in total. The molecule has 1 aromatic rings. The Bertz CT molecular complexity index is 566. The SMILES string of the molecule is CCCCCc1cc(C)c(CC=C(C)C)c(OCOCC[Si](C)(C)C)c1. The summed E-state index contributed by atoms with van der Waals surface area (Å²) < 4.78 is 11.8. The molecule has 0 aromatic heterocycles. The third kappa shape index (κ3) is 9.58. The van der Waals surface area contributed by atoms with Crippen LogP contribution in [-0.4, -0.2) is 21.5 Å². The third-order valence-corrected chi connectivity index (χ3v) is 6.27. The second-order valence-electron chi connectivity index (χ2n) is 8.81. The standard InChI is InChI=1S/C23H40O2Si/c1-8-9-10-11-21-16-20(4)22(13-12-19(2)3)23(17-21)25-18-24-14-15-26(5,6)7/h12,16-17H,8-11,13-15,18H2,1-7H3. The molecule has 0 radical (unpaired) electrons. The molecule has 0 atom stereocenters. The Morgan fingerprint density at radius 3 is 2.46 bits per heavy atom. The van der Waals surface area contributed by atoms with Gasteiger partial charge in [0.15, 0.2) is 6.79 Å². The van der Waals surface area contributed by atoms with Crippen LogP contribution in [0.5, 0.6) is 5.75 Å². The van der Waals surface area contributed by atoms with E-state index in [9.17, 15) is 0 Å². The second-order valence-corrected chi connectivity index (χ2v) is 14.4. The predicted molar refractivity (Wildman–Crippen MR) is 117 cm³/mol. The Morgan fingerprint density at radius 2 is 1.85 bits per heavy atom. The normalized spacial score (nSPS) is 11.5. The summed E-state index contributed by atoms with van der Waals surface area (Å²) in [6.07, 6.45) is 8.12. The Balaban J connectivity index is 2.79. The summed E-state index contributed by atoms with van der Waals surface area (Å²) in [5.41, 5.74) is 5.34. The van der Waals surface area contributed by atoms with Gasteiger partial charge < -0.3 is 9.47 Å². The molecule has 0 unspecified atom stereocenters. The molecule has 148 valence electrons. The van der Waals surface area contributed by atoms with E-state index < -0.39 is 8.07 Å². The molecule has 0 aliphatic heterocycles. The van der Waals surface area contributed by atoms with Gasteiger partial charge in [0, 0.05) is 20.2 Å². The summed E-state index contributed by atoms with van der Waals surface area (Å²) in [7, 11) is -1.05. The molecule has 26 heavy (non-hydrogen) atoms. The van der Waals surface area contributed by atoms with Crippen molar-refractivity contribution in [1.29, 1.82) is 0 Å². The first kappa shape index (κ1) is 23.0. The fourth-order valence-electron chi connectivity index (χ4n) is 2.82. The number of aryl methyl sites for hydroxylation is 2. The van der Waals surface area contributed by atoms with Crippen LogP contribution in [0.15, 0.2) is 23.8 Å². The minimum atomic E-state index is -1.05. The van der Waals surface area contributed by atoms with Crippen LogP contribution in [0.25, 0.3) is 0 Å². The number of allylic oxidation sites excluding steroid dienone is 2. The van der Waals surface area contributed by atoms with Crippen molar-refractivity contribution in [1.82, 2.24) is 0 Å². The lowest BCUT2D eigenvalue weighted by atomic mass is 9.97. The van der Waals surface area contributed by atoms with Gasteiger partial charge in [-0.25, -0.2) is 0 Å². The lowest BCUT2D eigenvalue weighted by molar-refractivity contribution is 0.0215. The fraction of sp³-hybridized carbons (Fsp3) is 0.652. The van der Waals surface area contributed by atoms with Gasteiger partial charge in [-0.1, -0.05) is 57.1 Å². The molecule has 0 aliphatic carbocycles. The molecule has 0 saturated carbocycles. The lowest BCUT2D eigenvalue weighted by Gasteiger charge is -2.18. The van der Waals surface area contributed by atoms with Crippen LogP contribution in [-0.2, 0) is 17.6 Å². The maximum Gasteiger partial charge on any atom is 0.189 e. The Kier molecular flexibility index (Phi) is 10.3. The Morgan fingerprint density at radius 1 is 1.12 bits per heavy atom. The first-order valence-electron chi connectivity index (χ1n) is 10.2. The smallest absolute Gasteiger partial charge is 0.189 e. The number of hydrogen-bond acceptors (Lipinski definition) is 2. The van der Waals surface area contributed by atoms with E-state index in [0.29, 0.717) is 6.79 Å². The molecule has 0 heterocycles. The van der Waals surface area contributed by atoms with E-state index in [2.05, 4.69) is 65.5 Å². The quantitative estimate of drug-likeness (QED) is 0.170. The summed E-state index contributed by atoms with van der Waals surface area (Å²) in [5, 5.41) is 0. The van der Waals surface area contributed by atoms with Gasteiger partial charge in [-0.15, -0.1) is 0 Å². The van der Waals surface area contributed by atoms with E-state index in [-0.39, 0.29) is 0 Å². The Labute approximate surface area is 163 Å². The molecule has 1 rings (SSSR count). The highest BCUT2D eigenvalue weighted by molar-refractivity contribution is 6.76. The molecule has 0 aliphatic rings. The van der Waals surface area contributed by atoms with Gasteiger partial charge in [0.25, 0.3) is 0 Å². The molecule has 0 saturated heterocycles. The average molecular weight is 377 g/mol. The zero-order chi connectivity index (χ0) is 19.6. The zero-order valence-corrected chi connectivity index (χ0v) is 19.2. The number of ether oxygens (including phenoxy) is 2. The summed E-state index contributed by atoms with van der Waals surface area (Å²) in [6.45, 7) is 17.0. The van der Waals surface area contributed by atoms with Crippen molar-refractivity contribution >= 4 is 8.07 Å². The molecular weight excluding hydrogens is 336 g/mol. The monoisotopic (exact) mass is 376 g/mol. The molecule has 1 aromatic carbocycles. The largest absolute Gasteiger partial charge is 0.467 e. The minimum absolute atomic E-state index is 0.351. The summed E-state index contributed by atoms with van der Waals surface area (Å²) in [6, 6.07) is 5.75. The molecule has 3 heteroatoms. The van der Waals surface area contributed by atoms with Gasteiger partial charge in [-0.05, 0) is 63.3 Å². The molecule has 0 spiro atoms. The lowest BCUT2D eigenvalue weighted by Crippen LogP contribution is -2.22. The molecular formula is C23H40O2Si. The molecule has 0 amide bonds. The number of benzene rings is 1. The molecule has 0 fully saturated rings. The van der Waals surface area contributed by atoms with E-state index >= 15 is 0 Å². The number of hydrogen-bond donors (Lipinski definition) is 0. The van der Waals surface area contributed by atoms with Crippen LogP contribution in [0.4, 0.5) is 0 Å². The fourth-order valence-corrected chi connectivity index (χ4v) is 3.58. The summed E-state index contributed by atoms with van der Waals surface area (Å²) >= 11 is 0. The highest BCUT2D eigenvalue weighted by atomic mass is 28.3. The van der Waals surface area contributed by atoms with E-state index in [1.165, 1.54) is 47.6 Å². The maximum atomic E-state index is 6.08. The highest BCUT2D eigenvalue weighted by Crippen LogP contribution is 2.27. The van der Waals surface area contributed by atoms with Crippen molar-refractivity contribution in [3.63, 3.8) is 0 Å². The summed E-state index contributed by atoms with van der Waals surface area (Å²) in [4.78, 5) is 0. The van der Waals surface area contributed by atoms with Crippen LogP contribution >= 0.6 is 0 Å². The summed E-state index contributed by atoms with van der Waals surface area (Å²) in [5.74, 6) is 1.00. The first-order chi connectivity index (χ1) is 12.2. The molecule has 2 nitrogen and oxygen atoms in total. The number of unbranched alkanes of at least 4 members (excludes halogenated alkanes) is 2. The second kappa shape index (κ2) is 11.6. The van der Waals surface area contributed by atoms with Gasteiger partial charge in [0.05, 0.1) is 0 Å². The maximum absolute atomic E-state index is 6.08. The van der Waals surface area contributed by atoms with E-state index in [0.717, 1.165) is 25.2 Å². The van der Waals surface area contributed by atoms with Crippen LogP contribution in [0, 0.1) is 6.92 Å². The van der Waals surface area contributed by atoms with Crippen molar-refractivity contribution in [2.24, 2.45) is 0 Å². The van der Waals surface area contributed by atoms with Gasteiger partial charge in [0.1, 0.15) is 5.75 Å². The van der Waals surface area contributed by atoms with E-state index in [1.807, 2.05) is 0 Å². The van der Waals surface area contributed by atoms with Gasteiger partial charge in [-0.3, -0.25) is 0 Å². The van der Waals surface area contributed by atoms with Crippen molar-refractivity contribution in [2.45, 2.75) is 85.5 Å². The van der Waals surface area contributed by atoms with Crippen molar-refractivity contribution in [2.75, 3.05) is 13.4 Å². The van der Waals surface area contributed by atoms with Crippen LogP contribution in [0.2, 0.25) is 25.7 Å². The van der Waals surface area contributed by atoms with Crippen molar-refractivity contribution in [3.8, 4) is 5.75 Å². The van der Waals surface area contributed by atoms with Crippen LogP contribution in [0.1, 0.15) is 56.7 Å². The van der Waals surface area contributed by atoms with Crippen molar-refractivity contribution in [3.05, 3.63) is 40.5 Å². The number of rotatable bonds is 12. The first-order valence-corrected chi connectivity index (χ1v) is 13.9. The minimum Gasteiger partial charge on any atom is -0.467 e. The zero-order valence-electron chi connectivity index (χ0n) is 18.2. The topological polar surface area (TPSA) is 18.5 Å². The van der Waals surface area contributed by atoms with Crippen LogP contribution in [0.3, 0.4) is 0 Å². The molecule has 0 bridgehead atoms. The van der Waals surface area contributed by atoms with Crippen LogP contribution < -0.4 is 4.74 Å². The van der Waals surface area contributed by atoms with E-state index in [4.69, 9.17) is 9.47 Å². The van der Waals surface area contributed by atoms with Gasteiger partial charge >= 0.3 is 0 Å². The average Bonchev–Trinajstić information content (AvgIpc) is 2.52.